The maximum absolute atomic E-state index is 5.85. The molecule has 0 aliphatic heterocycles. The minimum Gasteiger partial charge on any atom is -0.381 e. The third-order valence-electron chi connectivity index (χ3n) is 3.07. The SMILES string of the molecule is CCc1c(N)nnn1-c1ccccc1C(C)(C)C. The molecule has 0 unspecified atom stereocenters. The number of benzene rings is 1. The summed E-state index contributed by atoms with van der Waals surface area (Å²) in [6, 6.07) is 8.26. The van der Waals surface area contributed by atoms with Crippen molar-refractivity contribution in [1.29, 1.82) is 0 Å². The molecule has 2 rings (SSSR count). The van der Waals surface area contributed by atoms with Gasteiger partial charge in [0.25, 0.3) is 0 Å². The van der Waals surface area contributed by atoms with E-state index in [-0.39, 0.29) is 5.41 Å². The molecule has 0 amide bonds. The van der Waals surface area contributed by atoms with E-state index in [9.17, 15) is 0 Å². The molecule has 2 N–H and O–H groups in total. The molecule has 0 spiro atoms. The smallest absolute Gasteiger partial charge is 0.169 e. The largest absolute Gasteiger partial charge is 0.381 e. The fourth-order valence-corrected chi connectivity index (χ4v) is 2.13. The molecule has 18 heavy (non-hydrogen) atoms. The standard InChI is InChI=1S/C14H20N4/c1-5-11-13(15)16-17-18(11)12-9-7-6-8-10(12)14(2,3)4/h6-9H,5,15H2,1-4H3. The van der Waals surface area contributed by atoms with Crippen LogP contribution in [0.3, 0.4) is 0 Å². The van der Waals surface area contributed by atoms with Crippen molar-refractivity contribution in [3.8, 4) is 5.69 Å². The summed E-state index contributed by atoms with van der Waals surface area (Å²) in [4.78, 5) is 0. The van der Waals surface area contributed by atoms with Gasteiger partial charge in [-0.05, 0) is 23.5 Å². The molecular weight excluding hydrogens is 224 g/mol. The fourth-order valence-electron chi connectivity index (χ4n) is 2.13. The molecule has 0 saturated heterocycles. The number of rotatable bonds is 2. The molecule has 1 heterocycles. The van der Waals surface area contributed by atoms with Crippen molar-refractivity contribution in [2.45, 2.75) is 39.5 Å². The van der Waals surface area contributed by atoms with Crippen LogP contribution >= 0.6 is 0 Å². The molecular formula is C14H20N4. The van der Waals surface area contributed by atoms with Crippen molar-refractivity contribution >= 4 is 5.82 Å². The number of hydrogen-bond donors (Lipinski definition) is 1. The number of nitrogens with two attached hydrogens (primary N) is 1. The Bertz CT molecular complexity index is 549. The van der Waals surface area contributed by atoms with Crippen LogP contribution in [0, 0.1) is 0 Å². The van der Waals surface area contributed by atoms with Crippen LogP contribution in [0.2, 0.25) is 0 Å². The average Bonchev–Trinajstić information content (AvgIpc) is 2.69. The third kappa shape index (κ3) is 2.10. The Hall–Kier alpha value is -1.84. The van der Waals surface area contributed by atoms with Crippen LogP contribution in [0.15, 0.2) is 24.3 Å². The molecule has 0 fully saturated rings. The Morgan fingerprint density at radius 3 is 2.50 bits per heavy atom. The van der Waals surface area contributed by atoms with Gasteiger partial charge < -0.3 is 5.73 Å². The summed E-state index contributed by atoms with van der Waals surface area (Å²) in [5.74, 6) is 0.515. The summed E-state index contributed by atoms with van der Waals surface area (Å²) >= 11 is 0. The van der Waals surface area contributed by atoms with E-state index in [0.717, 1.165) is 17.8 Å². The number of nitrogen functional groups attached to an aromatic ring is 1. The third-order valence-corrected chi connectivity index (χ3v) is 3.07. The van der Waals surface area contributed by atoms with E-state index in [1.54, 1.807) is 0 Å². The number of anilines is 1. The quantitative estimate of drug-likeness (QED) is 0.883. The van der Waals surface area contributed by atoms with Gasteiger partial charge >= 0.3 is 0 Å². The van der Waals surface area contributed by atoms with E-state index >= 15 is 0 Å². The molecule has 96 valence electrons. The zero-order valence-electron chi connectivity index (χ0n) is 11.4. The van der Waals surface area contributed by atoms with Crippen molar-refractivity contribution in [2.75, 3.05) is 5.73 Å². The van der Waals surface area contributed by atoms with Gasteiger partial charge in [0.2, 0.25) is 0 Å². The van der Waals surface area contributed by atoms with Gasteiger partial charge in [0.05, 0.1) is 11.4 Å². The summed E-state index contributed by atoms with van der Waals surface area (Å²) in [6.45, 7) is 8.64. The molecule has 1 aromatic carbocycles. The van der Waals surface area contributed by atoms with Crippen LogP contribution in [0.4, 0.5) is 5.82 Å². The van der Waals surface area contributed by atoms with Gasteiger partial charge in [0.1, 0.15) is 0 Å². The van der Waals surface area contributed by atoms with Gasteiger partial charge in [-0.15, -0.1) is 5.10 Å². The average molecular weight is 244 g/mol. The predicted molar refractivity (Wildman–Crippen MR) is 73.8 cm³/mol. The number of hydrogen-bond acceptors (Lipinski definition) is 3. The molecule has 0 atom stereocenters. The number of para-hydroxylation sites is 1. The lowest BCUT2D eigenvalue weighted by molar-refractivity contribution is 0.580. The second kappa shape index (κ2) is 4.44. The lowest BCUT2D eigenvalue weighted by atomic mass is 9.86. The predicted octanol–water partition coefficient (Wildman–Crippen LogP) is 2.71. The van der Waals surface area contributed by atoms with E-state index < -0.39 is 0 Å². The monoisotopic (exact) mass is 244 g/mol. The maximum Gasteiger partial charge on any atom is 0.169 e. The zero-order valence-corrected chi connectivity index (χ0v) is 11.4. The summed E-state index contributed by atoms with van der Waals surface area (Å²) in [7, 11) is 0. The first kappa shape index (κ1) is 12.6. The van der Waals surface area contributed by atoms with Crippen LogP contribution in [0.25, 0.3) is 5.69 Å². The topological polar surface area (TPSA) is 56.7 Å². The van der Waals surface area contributed by atoms with Crippen LogP contribution in [-0.4, -0.2) is 15.0 Å². The van der Waals surface area contributed by atoms with Crippen LogP contribution in [0.5, 0.6) is 0 Å². The van der Waals surface area contributed by atoms with E-state index in [0.29, 0.717) is 5.82 Å². The Balaban J connectivity index is 2.64. The summed E-state index contributed by atoms with van der Waals surface area (Å²) in [5.41, 5.74) is 9.18. The van der Waals surface area contributed by atoms with Crippen LogP contribution in [-0.2, 0) is 11.8 Å². The first-order valence-electron chi connectivity index (χ1n) is 6.25. The highest BCUT2D eigenvalue weighted by Gasteiger charge is 2.20. The van der Waals surface area contributed by atoms with Crippen molar-refractivity contribution < 1.29 is 0 Å². The van der Waals surface area contributed by atoms with E-state index in [4.69, 9.17) is 5.73 Å². The van der Waals surface area contributed by atoms with Crippen molar-refractivity contribution in [2.24, 2.45) is 0 Å². The Labute approximate surface area is 108 Å². The van der Waals surface area contributed by atoms with Gasteiger partial charge in [0, 0.05) is 0 Å². The molecule has 2 aromatic rings. The minimum atomic E-state index is 0.0579. The normalized spacial score (nSPS) is 11.8. The zero-order chi connectivity index (χ0) is 13.3. The minimum absolute atomic E-state index is 0.0579. The second-order valence-corrected chi connectivity index (χ2v) is 5.45. The van der Waals surface area contributed by atoms with Gasteiger partial charge in [0.15, 0.2) is 5.82 Å². The molecule has 1 aromatic heterocycles. The second-order valence-electron chi connectivity index (χ2n) is 5.45. The van der Waals surface area contributed by atoms with Crippen molar-refractivity contribution in [1.82, 2.24) is 15.0 Å². The Kier molecular flexibility index (Phi) is 3.11. The van der Waals surface area contributed by atoms with Gasteiger partial charge in [-0.3, -0.25) is 0 Å². The van der Waals surface area contributed by atoms with Crippen LogP contribution in [0.1, 0.15) is 39.0 Å². The molecule has 0 radical (unpaired) electrons. The van der Waals surface area contributed by atoms with Crippen molar-refractivity contribution in [3.63, 3.8) is 0 Å². The lowest BCUT2D eigenvalue weighted by Crippen LogP contribution is -2.16. The molecule has 0 saturated carbocycles. The molecule has 0 aliphatic rings. The highest BCUT2D eigenvalue weighted by molar-refractivity contribution is 5.48. The molecule has 4 nitrogen and oxygen atoms in total. The number of aromatic nitrogens is 3. The molecule has 0 aliphatic carbocycles. The van der Waals surface area contributed by atoms with Gasteiger partial charge in [-0.25, -0.2) is 4.68 Å². The highest BCUT2D eigenvalue weighted by atomic mass is 15.4. The molecule has 4 heteroatoms. The van der Waals surface area contributed by atoms with Gasteiger partial charge in [-0.2, -0.15) is 0 Å². The fraction of sp³-hybridized carbons (Fsp3) is 0.429. The highest BCUT2D eigenvalue weighted by Crippen LogP contribution is 2.29. The summed E-state index contributed by atoms with van der Waals surface area (Å²) in [6.07, 6.45) is 0.817. The Morgan fingerprint density at radius 1 is 1.22 bits per heavy atom. The van der Waals surface area contributed by atoms with E-state index in [1.165, 1.54) is 5.56 Å². The molecule has 0 bridgehead atoms. The van der Waals surface area contributed by atoms with Crippen LogP contribution < -0.4 is 5.73 Å². The maximum atomic E-state index is 5.85. The van der Waals surface area contributed by atoms with Gasteiger partial charge in [-0.1, -0.05) is 51.1 Å². The van der Waals surface area contributed by atoms with Crippen molar-refractivity contribution in [3.05, 3.63) is 35.5 Å². The summed E-state index contributed by atoms with van der Waals surface area (Å²) < 4.78 is 1.86. The van der Waals surface area contributed by atoms with E-state index in [2.05, 4.69) is 56.2 Å². The first-order chi connectivity index (χ1) is 8.45. The lowest BCUT2D eigenvalue weighted by Gasteiger charge is -2.23. The first-order valence-corrected chi connectivity index (χ1v) is 6.25. The Morgan fingerprint density at radius 2 is 1.89 bits per heavy atom. The number of nitrogens with zero attached hydrogens (tertiary/aromatic N) is 3. The van der Waals surface area contributed by atoms with E-state index in [1.807, 2.05) is 10.7 Å². The summed E-state index contributed by atoms with van der Waals surface area (Å²) in [5, 5.41) is 8.15.